The van der Waals surface area contributed by atoms with Crippen molar-refractivity contribution in [1.29, 1.82) is 0 Å². The lowest BCUT2D eigenvalue weighted by Crippen LogP contribution is -2.56. The first-order valence-corrected chi connectivity index (χ1v) is 7.84. The lowest BCUT2D eigenvalue weighted by molar-refractivity contribution is 0.0385. The van der Waals surface area contributed by atoms with Crippen molar-refractivity contribution in [2.75, 3.05) is 19.6 Å². The molecule has 1 amide bonds. The van der Waals surface area contributed by atoms with Crippen molar-refractivity contribution in [3.8, 4) is 0 Å². The highest BCUT2D eigenvalue weighted by molar-refractivity contribution is 5.90. The summed E-state index contributed by atoms with van der Waals surface area (Å²) in [5, 5.41) is 7.04. The second-order valence-corrected chi connectivity index (χ2v) is 7.36. The van der Waals surface area contributed by atoms with Crippen molar-refractivity contribution in [3.63, 3.8) is 0 Å². The Morgan fingerprint density at radius 1 is 1.33 bits per heavy atom. The molecule has 0 radical (unpaired) electrons. The van der Waals surface area contributed by atoms with E-state index in [9.17, 15) is 4.79 Å². The number of amides is 1. The van der Waals surface area contributed by atoms with Crippen molar-refractivity contribution >= 4 is 5.91 Å². The Morgan fingerprint density at radius 2 is 2.10 bits per heavy atom. The van der Waals surface area contributed by atoms with Gasteiger partial charge in [0.25, 0.3) is 5.91 Å². The van der Waals surface area contributed by atoms with E-state index in [-0.39, 0.29) is 17.4 Å². The summed E-state index contributed by atoms with van der Waals surface area (Å²) in [6.07, 6.45) is 2.44. The highest BCUT2D eigenvalue weighted by Crippen LogP contribution is 2.25. The van der Waals surface area contributed by atoms with Crippen molar-refractivity contribution in [1.82, 2.24) is 25.0 Å². The molecular weight excluding hydrogens is 266 g/mol. The minimum atomic E-state index is -0.124. The number of carbonyl (C=O) groups excluding carboxylic acids is 1. The summed E-state index contributed by atoms with van der Waals surface area (Å²) >= 11 is 0. The summed E-state index contributed by atoms with van der Waals surface area (Å²) in [4.78, 5) is 21.6. The number of aromatic nitrogens is 3. The topological polar surface area (TPSA) is 65.1 Å². The van der Waals surface area contributed by atoms with E-state index in [0.29, 0.717) is 11.9 Å². The third kappa shape index (κ3) is 2.69. The molecule has 1 N–H and O–H groups in total. The highest BCUT2D eigenvalue weighted by Gasteiger charge is 2.38. The van der Waals surface area contributed by atoms with Crippen LogP contribution in [0.4, 0.5) is 0 Å². The van der Waals surface area contributed by atoms with E-state index in [4.69, 9.17) is 0 Å². The van der Waals surface area contributed by atoms with Gasteiger partial charge in [0.1, 0.15) is 5.82 Å². The fourth-order valence-electron chi connectivity index (χ4n) is 3.29. The van der Waals surface area contributed by atoms with Gasteiger partial charge < -0.3 is 4.90 Å². The second-order valence-electron chi connectivity index (χ2n) is 7.36. The molecule has 116 valence electrons. The first-order chi connectivity index (χ1) is 9.86. The number of hydrogen-bond acceptors (Lipinski definition) is 4. The molecule has 3 heterocycles. The maximum Gasteiger partial charge on any atom is 0.293 e. The van der Waals surface area contributed by atoms with Gasteiger partial charge in [-0.05, 0) is 26.3 Å². The molecule has 0 bridgehead atoms. The van der Waals surface area contributed by atoms with Gasteiger partial charge in [-0.1, -0.05) is 20.8 Å². The Hall–Kier alpha value is -1.43. The van der Waals surface area contributed by atoms with Crippen LogP contribution in [0.3, 0.4) is 0 Å². The smallest absolute Gasteiger partial charge is 0.293 e. The molecule has 2 saturated heterocycles. The molecule has 2 unspecified atom stereocenters. The second kappa shape index (κ2) is 5.09. The summed E-state index contributed by atoms with van der Waals surface area (Å²) in [5.74, 6) is 1.03. The maximum absolute atomic E-state index is 12.7. The van der Waals surface area contributed by atoms with E-state index < -0.39 is 0 Å². The highest BCUT2D eigenvalue weighted by atomic mass is 16.2. The number of piperazine rings is 1. The van der Waals surface area contributed by atoms with Gasteiger partial charge in [-0.3, -0.25) is 14.8 Å². The predicted octanol–water partition coefficient (Wildman–Crippen LogP) is 1.41. The zero-order valence-corrected chi connectivity index (χ0v) is 13.4. The van der Waals surface area contributed by atoms with Crippen molar-refractivity contribution in [2.24, 2.45) is 0 Å². The predicted molar refractivity (Wildman–Crippen MR) is 80.2 cm³/mol. The number of nitrogens with zero attached hydrogens (tertiary/aromatic N) is 4. The molecule has 1 aromatic rings. The maximum atomic E-state index is 12.7. The van der Waals surface area contributed by atoms with Crippen LogP contribution in [0.15, 0.2) is 0 Å². The zero-order valence-electron chi connectivity index (χ0n) is 13.4. The van der Waals surface area contributed by atoms with Crippen molar-refractivity contribution in [3.05, 3.63) is 11.6 Å². The number of aromatic amines is 1. The number of carbonyl (C=O) groups is 1. The molecule has 21 heavy (non-hydrogen) atoms. The molecule has 3 rings (SSSR count). The summed E-state index contributed by atoms with van der Waals surface area (Å²) in [7, 11) is 0. The average Bonchev–Trinajstić information content (AvgIpc) is 3.04. The molecular formula is C15H25N5O. The normalized spacial score (nSPS) is 27.0. The van der Waals surface area contributed by atoms with Gasteiger partial charge in [0.15, 0.2) is 0 Å². The number of fused-ring (bicyclic) bond motifs is 1. The molecule has 0 aliphatic carbocycles. The third-order valence-electron chi connectivity index (χ3n) is 4.59. The molecule has 2 aliphatic heterocycles. The lowest BCUT2D eigenvalue weighted by atomic mass is 9.96. The van der Waals surface area contributed by atoms with E-state index in [2.05, 4.69) is 47.8 Å². The van der Waals surface area contributed by atoms with E-state index in [1.807, 2.05) is 4.90 Å². The fraction of sp³-hybridized carbons (Fsp3) is 0.800. The van der Waals surface area contributed by atoms with Gasteiger partial charge >= 0.3 is 0 Å². The van der Waals surface area contributed by atoms with Crippen LogP contribution in [0.25, 0.3) is 0 Å². The van der Waals surface area contributed by atoms with Crippen LogP contribution in [-0.4, -0.2) is 62.6 Å². The van der Waals surface area contributed by atoms with E-state index in [1.165, 1.54) is 19.4 Å². The standard InChI is InChI=1S/C15H25N5O/c1-10-8-19-7-5-6-11(19)9-20(10)13(21)12-16-14(18-17-12)15(2,3)4/h10-11H,5-9H2,1-4H3,(H,16,17,18). The molecule has 6 heteroatoms. The van der Waals surface area contributed by atoms with Crippen LogP contribution < -0.4 is 0 Å². The van der Waals surface area contributed by atoms with Crippen LogP contribution in [0.1, 0.15) is 57.0 Å². The van der Waals surface area contributed by atoms with Crippen LogP contribution >= 0.6 is 0 Å². The number of rotatable bonds is 1. The minimum absolute atomic E-state index is 0.0409. The molecule has 1 aromatic heterocycles. The summed E-state index contributed by atoms with van der Waals surface area (Å²) in [5.41, 5.74) is -0.124. The van der Waals surface area contributed by atoms with Crippen LogP contribution in [0, 0.1) is 0 Å². The molecule has 2 aliphatic rings. The Bertz CT molecular complexity index is 532. The Morgan fingerprint density at radius 3 is 2.76 bits per heavy atom. The van der Waals surface area contributed by atoms with Crippen molar-refractivity contribution in [2.45, 2.75) is 58.0 Å². The first kappa shape index (κ1) is 14.5. The number of hydrogen-bond donors (Lipinski definition) is 1. The fourth-order valence-corrected chi connectivity index (χ4v) is 3.29. The van der Waals surface area contributed by atoms with Gasteiger partial charge in [-0.15, -0.1) is 5.10 Å². The van der Waals surface area contributed by atoms with E-state index in [1.54, 1.807) is 0 Å². The monoisotopic (exact) mass is 291 g/mol. The minimum Gasteiger partial charge on any atom is -0.330 e. The molecule has 0 spiro atoms. The quantitative estimate of drug-likeness (QED) is 0.849. The van der Waals surface area contributed by atoms with Gasteiger partial charge in [-0.2, -0.15) is 0 Å². The summed E-state index contributed by atoms with van der Waals surface area (Å²) in [6, 6.07) is 0.745. The third-order valence-corrected chi connectivity index (χ3v) is 4.59. The number of H-pyrrole nitrogens is 1. The van der Waals surface area contributed by atoms with Crippen molar-refractivity contribution < 1.29 is 4.79 Å². The van der Waals surface area contributed by atoms with Gasteiger partial charge in [-0.25, -0.2) is 4.98 Å². The van der Waals surface area contributed by atoms with E-state index in [0.717, 1.165) is 18.9 Å². The average molecular weight is 291 g/mol. The molecule has 2 atom stereocenters. The SMILES string of the molecule is CC1CN2CCCC2CN1C(=O)c1n[nH]c(C(C)(C)C)n1. The Labute approximate surface area is 125 Å². The Balaban J connectivity index is 1.76. The molecule has 6 nitrogen and oxygen atoms in total. The Kier molecular flexibility index (Phi) is 3.51. The summed E-state index contributed by atoms with van der Waals surface area (Å²) < 4.78 is 0. The van der Waals surface area contributed by atoms with E-state index >= 15 is 0 Å². The molecule has 0 saturated carbocycles. The van der Waals surface area contributed by atoms with Gasteiger partial charge in [0, 0.05) is 30.6 Å². The van der Waals surface area contributed by atoms with Crippen LogP contribution in [0.2, 0.25) is 0 Å². The molecule has 2 fully saturated rings. The zero-order chi connectivity index (χ0) is 15.2. The lowest BCUT2D eigenvalue weighted by Gasteiger charge is -2.41. The first-order valence-electron chi connectivity index (χ1n) is 7.84. The van der Waals surface area contributed by atoms with Crippen LogP contribution in [-0.2, 0) is 5.41 Å². The van der Waals surface area contributed by atoms with Gasteiger partial charge in [0.2, 0.25) is 5.82 Å². The van der Waals surface area contributed by atoms with Crippen LogP contribution in [0.5, 0.6) is 0 Å². The number of nitrogens with one attached hydrogen (secondary N) is 1. The molecule has 0 aromatic carbocycles. The van der Waals surface area contributed by atoms with Gasteiger partial charge in [0.05, 0.1) is 0 Å². The summed E-state index contributed by atoms with van der Waals surface area (Å²) in [6.45, 7) is 11.2. The largest absolute Gasteiger partial charge is 0.330 e.